The Morgan fingerprint density at radius 2 is 1.91 bits per heavy atom. The van der Waals surface area contributed by atoms with Gasteiger partial charge in [0.15, 0.2) is 5.82 Å². The summed E-state index contributed by atoms with van der Waals surface area (Å²) in [4.78, 5) is 2.19. The second kappa shape index (κ2) is 12.5. The van der Waals surface area contributed by atoms with Crippen molar-refractivity contribution in [2.45, 2.75) is 36.5 Å². The second-order valence-corrected chi connectivity index (χ2v) is 11.9. The third kappa shape index (κ3) is 7.36. The lowest BCUT2D eigenvalue weighted by Gasteiger charge is -2.30. The number of halogens is 3. The molecule has 0 aliphatic carbocycles. The molecule has 3 N–H and O–H groups in total. The number of anilines is 3. The molecule has 0 saturated carbocycles. The number of likely N-dealkylation sites (tertiary alicyclic amines) is 1. The van der Waals surface area contributed by atoms with Crippen LogP contribution < -0.4 is 20.1 Å². The van der Waals surface area contributed by atoms with E-state index < -0.39 is 22.7 Å². The van der Waals surface area contributed by atoms with Gasteiger partial charge in [0.1, 0.15) is 18.6 Å². The van der Waals surface area contributed by atoms with Crippen molar-refractivity contribution in [1.82, 2.24) is 14.6 Å². The predicted molar refractivity (Wildman–Crippen MR) is 158 cm³/mol. The largest absolute Gasteiger partial charge is 0.495 e. The number of benzene rings is 2. The van der Waals surface area contributed by atoms with Gasteiger partial charge in [-0.05, 0) is 69.2 Å². The van der Waals surface area contributed by atoms with E-state index in [1.54, 1.807) is 18.2 Å². The molecule has 0 spiro atoms. The quantitative estimate of drug-likeness (QED) is 0.226. The van der Waals surface area contributed by atoms with Gasteiger partial charge in [-0.1, -0.05) is 17.1 Å². The van der Waals surface area contributed by atoms with Gasteiger partial charge < -0.3 is 29.4 Å². The van der Waals surface area contributed by atoms with Crippen LogP contribution in [-0.2, 0) is 16.6 Å². The SMILES string of the molecule is COc1cc(S(=O)(=O)Nc2ccon2)ccc1NCC#Cc1cc2c(NC3CCN(C)CC3)cccc2n1CC(F)(F)F. The van der Waals surface area contributed by atoms with Gasteiger partial charge in [0, 0.05) is 29.2 Å². The van der Waals surface area contributed by atoms with Crippen LogP contribution in [-0.4, -0.2) is 69.1 Å². The van der Waals surface area contributed by atoms with E-state index in [4.69, 9.17) is 4.74 Å². The smallest absolute Gasteiger partial charge is 0.406 e. The predicted octanol–water partition coefficient (Wildman–Crippen LogP) is 4.97. The topological polar surface area (TPSA) is 114 Å². The molecule has 2 aromatic heterocycles. The molecular weight excluding hydrogens is 585 g/mol. The summed E-state index contributed by atoms with van der Waals surface area (Å²) in [5.41, 5.74) is 1.92. The fourth-order valence-corrected chi connectivity index (χ4v) is 5.96. The van der Waals surface area contributed by atoms with Gasteiger partial charge in [0.05, 0.1) is 35.4 Å². The van der Waals surface area contributed by atoms with Crippen LogP contribution in [0.2, 0.25) is 0 Å². The maximum absolute atomic E-state index is 13.6. The zero-order chi connectivity index (χ0) is 30.6. The van der Waals surface area contributed by atoms with Crippen molar-refractivity contribution in [1.29, 1.82) is 0 Å². The van der Waals surface area contributed by atoms with E-state index >= 15 is 0 Å². The number of nitrogens with zero attached hydrogens (tertiary/aromatic N) is 3. The number of alkyl halides is 3. The number of sulfonamides is 1. The Morgan fingerprint density at radius 1 is 1.12 bits per heavy atom. The number of rotatable bonds is 9. The lowest BCUT2D eigenvalue weighted by molar-refractivity contribution is -0.140. The zero-order valence-electron chi connectivity index (χ0n) is 23.5. The molecule has 3 heterocycles. The van der Waals surface area contributed by atoms with Crippen molar-refractivity contribution in [2.24, 2.45) is 0 Å². The zero-order valence-corrected chi connectivity index (χ0v) is 24.3. The summed E-state index contributed by atoms with van der Waals surface area (Å²) in [6.45, 7) is 0.802. The minimum Gasteiger partial charge on any atom is -0.495 e. The monoisotopic (exact) mass is 616 g/mol. The minimum absolute atomic E-state index is 0.0316. The van der Waals surface area contributed by atoms with Crippen LogP contribution in [0.1, 0.15) is 18.5 Å². The Balaban J connectivity index is 1.35. The van der Waals surface area contributed by atoms with Gasteiger partial charge in [-0.15, -0.1) is 0 Å². The van der Waals surface area contributed by atoms with Crippen LogP contribution in [0.25, 0.3) is 10.9 Å². The molecule has 1 aliphatic heterocycles. The first kappa shape index (κ1) is 30.1. The summed E-state index contributed by atoms with van der Waals surface area (Å²) in [5.74, 6) is 6.04. The Bertz CT molecular complexity index is 1740. The molecule has 43 heavy (non-hydrogen) atoms. The summed E-state index contributed by atoms with van der Waals surface area (Å²) >= 11 is 0. The van der Waals surface area contributed by atoms with Gasteiger partial charge >= 0.3 is 6.18 Å². The molecule has 5 rings (SSSR count). The van der Waals surface area contributed by atoms with Crippen molar-refractivity contribution in [3.8, 4) is 17.6 Å². The Labute approximate surface area is 247 Å². The van der Waals surface area contributed by atoms with Gasteiger partial charge in [-0.25, -0.2) is 8.42 Å². The molecule has 14 heteroatoms. The Hall–Kier alpha value is -4.35. The van der Waals surface area contributed by atoms with E-state index in [-0.39, 0.29) is 34.7 Å². The summed E-state index contributed by atoms with van der Waals surface area (Å²) in [5, 5.41) is 10.8. The number of aromatic nitrogens is 2. The van der Waals surface area contributed by atoms with Crippen LogP contribution in [0.5, 0.6) is 5.75 Å². The van der Waals surface area contributed by atoms with E-state index in [2.05, 4.69) is 48.8 Å². The van der Waals surface area contributed by atoms with E-state index in [0.29, 0.717) is 16.6 Å². The molecule has 1 fully saturated rings. The van der Waals surface area contributed by atoms with E-state index in [1.807, 2.05) is 6.07 Å². The lowest BCUT2D eigenvalue weighted by atomic mass is 10.0. The first-order valence-electron chi connectivity index (χ1n) is 13.5. The number of methoxy groups -OCH3 is 1. The molecule has 1 saturated heterocycles. The lowest BCUT2D eigenvalue weighted by Crippen LogP contribution is -2.36. The highest BCUT2D eigenvalue weighted by atomic mass is 32.2. The Morgan fingerprint density at radius 3 is 2.60 bits per heavy atom. The fourth-order valence-electron chi connectivity index (χ4n) is 4.96. The number of fused-ring (bicyclic) bond motifs is 1. The average Bonchev–Trinajstić information content (AvgIpc) is 3.59. The molecule has 0 unspecified atom stereocenters. The van der Waals surface area contributed by atoms with E-state index in [0.717, 1.165) is 31.6 Å². The fraction of sp³-hybridized carbons (Fsp3) is 0.345. The Kier molecular flexibility index (Phi) is 8.74. The van der Waals surface area contributed by atoms with Crippen molar-refractivity contribution < 1.29 is 30.8 Å². The third-order valence-electron chi connectivity index (χ3n) is 7.11. The second-order valence-electron chi connectivity index (χ2n) is 10.2. The van der Waals surface area contributed by atoms with E-state index in [1.165, 1.54) is 42.2 Å². The molecule has 1 aliphatic rings. The molecule has 0 bridgehead atoms. The van der Waals surface area contributed by atoms with Crippen molar-refractivity contribution in [3.63, 3.8) is 0 Å². The molecule has 10 nitrogen and oxygen atoms in total. The van der Waals surface area contributed by atoms with E-state index in [9.17, 15) is 21.6 Å². The number of hydrogen-bond donors (Lipinski definition) is 3. The minimum atomic E-state index is -4.43. The van der Waals surface area contributed by atoms with Crippen LogP contribution in [0.15, 0.2) is 64.2 Å². The maximum atomic E-state index is 13.6. The van der Waals surface area contributed by atoms with Crippen molar-refractivity contribution >= 4 is 38.1 Å². The maximum Gasteiger partial charge on any atom is 0.406 e. The molecule has 4 aromatic rings. The molecule has 0 radical (unpaired) electrons. The molecule has 2 aromatic carbocycles. The first-order chi connectivity index (χ1) is 20.5. The summed E-state index contributed by atoms with van der Waals surface area (Å²) in [6.07, 6.45) is -1.30. The number of ether oxygens (including phenoxy) is 1. The highest BCUT2D eigenvalue weighted by Gasteiger charge is 2.30. The summed E-state index contributed by atoms with van der Waals surface area (Å²) < 4.78 is 79.6. The highest BCUT2D eigenvalue weighted by Crippen LogP contribution is 2.32. The average molecular weight is 617 g/mol. The van der Waals surface area contributed by atoms with Gasteiger partial charge in [0.2, 0.25) is 0 Å². The summed E-state index contributed by atoms with van der Waals surface area (Å²) in [6, 6.07) is 12.8. The number of nitrogens with one attached hydrogen (secondary N) is 3. The normalized spacial score (nSPS) is 14.7. The molecule has 0 amide bonds. The first-order valence-corrected chi connectivity index (χ1v) is 15.0. The molecule has 0 atom stereocenters. The van der Waals surface area contributed by atoms with Crippen molar-refractivity contribution in [3.05, 3.63) is 60.5 Å². The molecule has 228 valence electrons. The summed E-state index contributed by atoms with van der Waals surface area (Å²) in [7, 11) is -0.490. The third-order valence-corrected chi connectivity index (χ3v) is 8.46. The number of piperidine rings is 1. The highest BCUT2D eigenvalue weighted by molar-refractivity contribution is 7.92. The van der Waals surface area contributed by atoms with Crippen LogP contribution in [0, 0.1) is 11.8 Å². The van der Waals surface area contributed by atoms with Gasteiger partial charge in [-0.3, -0.25) is 4.72 Å². The van der Waals surface area contributed by atoms with Crippen LogP contribution >= 0.6 is 0 Å². The molecular formula is C29H31F3N6O4S. The standard InChI is InChI=1S/C29H31F3N6O4S/c1-37-14-10-20(11-15-37)34-24-6-3-7-26-23(24)17-21(38(26)19-29(30,31)32)5-4-13-33-25-9-8-22(18-27(25)41-2)43(39,40)36-28-12-16-42-35-28/h3,6-9,12,16-18,20,33-34H,10-11,13-15,19H2,1-2H3,(H,35,36). The number of hydrogen-bond acceptors (Lipinski definition) is 8. The van der Waals surface area contributed by atoms with Gasteiger partial charge in [0.25, 0.3) is 10.0 Å². The van der Waals surface area contributed by atoms with Gasteiger partial charge in [-0.2, -0.15) is 13.2 Å². The van der Waals surface area contributed by atoms with Crippen molar-refractivity contribution in [2.75, 3.05) is 49.1 Å². The van der Waals surface area contributed by atoms with Crippen LogP contribution in [0.4, 0.5) is 30.4 Å². The van der Waals surface area contributed by atoms with Crippen LogP contribution in [0.3, 0.4) is 0 Å².